The number of rotatable bonds is 7. The van der Waals surface area contributed by atoms with Crippen molar-refractivity contribution >= 4 is 10.0 Å². The minimum atomic E-state index is -3.42. The number of nitrogens with one attached hydrogen (secondary N) is 2. The van der Waals surface area contributed by atoms with Crippen molar-refractivity contribution in [2.75, 3.05) is 13.1 Å². The summed E-state index contributed by atoms with van der Waals surface area (Å²) in [5.74, 6) is 0. The van der Waals surface area contributed by atoms with Crippen molar-refractivity contribution in [1.82, 2.24) is 10.0 Å². The van der Waals surface area contributed by atoms with Crippen LogP contribution >= 0.6 is 0 Å². The zero-order chi connectivity index (χ0) is 16.1. The molecule has 2 N–H and O–H groups in total. The molecular formula is C16H28N2O2S. The van der Waals surface area contributed by atoms with E-state index < -0.39 is 10.0 Å². The molecular weight excluding hydrogens is 284 g/mol. The molecule has 1 unspecified atom stereocenters. The maximum absolute atomic E-state index is 12.3. The summed E-state index contributed by atoms with van der Waals surface area (Å²) >= 11 is 0. The van der Waals surface area contributed by atoms with Crippen molar-refractivity contribution in [3.63, 3.8) is 0 Å². The van der Waals surface area contributed by atoms with E-state index in [1.165, 1.54) is 0 Å². The van der Waals surface area contributed by atoms with Crippen LogP contribution in [0.2, 0.25) is 0 Å². The third-order valence-electron chi connectivity index (χ3n) is 3.52. The third-order valence-corrected chi connectivity index (χ3v) is 5.16. The van der Waals surface area contributed by atoms with E-state index in [1.807, 2.05) is 12.1 Å². The fraction of sp³-hybridized carbons (Fsp3) is 0.625. The first-order valence-corrected chi connectivity index (χ1v) is 9.01. The molecule has 0 spiro atoms. The Kier molecular flexibility index (Phi) is 6.38. The Labute approximate surface area is 129 Å². The van der Waals surface area contributed by atoms with Crippen molar-refractivity contribution in [2.45, 2.75) is 52.0 Å². The molecule has 0 aliphatic carbocycles. The Morgan fingerprint density at radius 1 is 1.10 bits per heavy atom. The highest BCUT2D eigenvalue weighted by Gasteiger charge is 2.26. The second-order valence-corrected chi connectivity index (χ2v) is 8.02. The van der Waals surface area contributed by atoms with Crippen molar-refractivity contribution in [3.8, 4) is 0 Å². The molecule has 1 aromatic rings. The van der Waals surface area contributed by atoms with Gasteiger partial charge in [0.25, 0.3) is 0 Å². The molecule has 0 aliphatic heterocycles. The van der Waals surface area contributed by atoms with Crippen LogP contribution < -0.4 is 10.0 Å². The molecule has 4 nitrogen and oxygen atoms in total. The average molecular weight is 312 g/mol. The molecule has 0 aromatic heterocycles. The average Bonchev–Trinajstić information content (AvgIpc) is 2.37. The van der Waals surface area contributed by atoms with E-state index in [0.717, 1.165) is 12.1 Å². The first-order chi connectivity index (χ1) is 9.72. The molecule has 0 heterocycles. The van der Waals surface area contributed by atoms with Crippen molar-refractivity contribution in [1.29, 1.82) is 0 Å². The summed E-state index contributed by atoms with van der Waals surface area (Å²) < 4.78 is 27.2. The molecule has 1 rings (SSSR count). The van der Waals surface area contributed by atoms with E-state index in [2.05, 4.69) is 37.7 Å². The van der Waals surface area contributed by atoms with Crippen LogP contribution in [0, 0.1) is 5.41 Å². The summed E-state index contributed by atoms with van der Waals surface area (Å²) in [5.41, 5.74) is 0.921. The summed E-state index contributed by atoms with van der Waals surface area (Å²) in [7, 11) is -3.42. The van der Waals surface area contributed by atoms with Gasteiger partial charge >= 0.3 is 0 Å². The lowest BCUT2D eigenvalue weighted by Gasteiger charge is -2.32. The summed E-state index contributed by atoms with van der Waals surface area (Å²) in [6.45, 7) is 11.6. The van der Waals surface area contributed by atoms with Gasteiger partial charge in [-0.3, -0.25) is 0 Å². The fourth-order valence-corrected chi connectivity index (χ4v) is 3.64. The van der Waals surface area contributed by atoms with Gasteiger partial charge in [0, 0.05) is 12.6 Å². The van der Waals surface area contributed by atoms with Crippen LogP contribution in [-0.2, 0) is 16.4 Å². The molecule has 5 heteroatoms. The number of sulfonamides is 1. The molecule has 1 atom stereocenters. The van der Waals surface area contributed by atoms with Crippen molar-refractivity contribution < 1.29 is 8.42 Å². The Morgan fingerprint density at radius 3 is 2.24 bits per heavy atom. The smallest absolute Gasteiger partial charge is 0.240 e. The molecule has 0 radical (unpaired) electrons. The number of benzene rings is 1. The summed E-state index contributed by atoms with van der Waals surface area (Å²) in [6.07, 6.45) is 0.693. The number of likely N-dealkylation sites (N-methyl/N-ethyl adjacent to an activating group) is 1. The first-order valence-electron chi connectivity index (χ1n) is 7.53. The minimum absolute atomic E-state index is 0.0606. The Balaban J connectivity index is 3.14. The second kappa shape index (κ2) is 7.38. The number of hydrogen-bond donors (Lipinski definition) is 2. The van der Waals surface area contributed by atoms with Gasteiger partial charge in [-0.25, -0.2) is 13.1 Å². The van der Waals surface area contributed by atoms with E-state index in [-0.39, 0.29) is 11.5 Å². The molecule has 0 fully saturated rings. The van der Waals surface area contributed by atoms with Gasteiger partial charge < -0.3 is 5.32 Å². The quantitative estimate of drug-likeness (QED) is 0.813. The van der Waals surface area contributed by atoms with Gasteiger partial charge in [0.2, 0.25) is 10.0 Å². The van der Waals surface area contributed by atoms with Gasteiger partial charge in [-0.05, 0) is 30.0 Å². The van der Waals surface area contributed by atoms with Crippen LogP contribution in [0.4, 0.5) is 0 Å². The topological polar surface area (TPSA) is 58.2 Å². The Morgan fingerprint density at radius 2 is 1.71 bits per heavy atom. The van der Waals surface area contributed by atoms with Crippen molar-refractivity contribution in [2.24, 2.45) is 5.41 Å². The highest BCUT2D eigenvalue weighted by molar-refractivity contribution is 7.89. The standard InChI is InChI=1S/C16H28N2O2S/c1-6-17-15(16(3,4)5)12-13-10-8-9-11-14(13)21(19,20)18-7-2/h8-11,15,17-18H,6-7,12H2,1-5H3. The van der Waals surface area contributed by atoms with Gasteiger partial charge in [0.15, 0.2) is 0 Å². The molecule has 120 valence electrons. The first kappa shape index (κ1) is 18.1. The summed E-state index contributed by atoms with van der Waals surface area (Å²) in [6, 6.07) is 7.47. The van der Waals surface area contributed by atoms with E-state index in [0.29, 0.717) is 17.9 Å². The Hall–Kier alpha value is -0.910. The second-order valence-electron chi connectivity index (χ2n) is 6.29. The monoisotopic (exact) mass is 312 g/mol. The molecule has 0 saturated carbocycles. The van der Waals surface area contributed by atoms with Crippen LogP contribution in [0.3, 0.4) is 0 Å². The molecule has 21 heavy (non-hydrogen) atoms. The zero-order valence-electron chi connectivity index (χ0n) is 13.7. The predicted octanol–water partition coefficient (Wildman–Crippen LogP) is 2.55. The maximum atomic E-state index is 12.3. The Bertz CT molecular complexity index is 548. The minimum Gasteiger partial charge on any atom is -0.313 e. The van der Waals surface area contributed by atoms with Crippen LogP contribution in [0.5, 0.6) is 0 Å². The normalized spacial score (nSPS) is 14.1. The van der Waals surface area contributed by atoms with Crippen LogP contribution in [0.1, 0.15) is 40.2 Å². The van der Waals surface area contributed by atoms with Gasteiger partial charge in [0.1, 0.15) is 0 Å². The SMILES string of the molecule is CCNC(Cc1ccccc1S(=O)(=O)NCC)C(C)(C)C. The van der Waals surface area contributed by atoms with Crippen LogP contribution in [0.25, 0.3) is 0 Å². The molecule has 0 amide bonds. The van der Waals surface area contributed by atoms with E-state index in [9.17, 15) is 8.42 Å². The van der Waals surface area contributed by atoms with E-state index in [1.54, 1.807) is 19.1 Å². The van der Waals surface area contributed by atoms with Crippen LogP contribution in [-0.4, -0.2) is 27.5 Å². The molecule has 0 aliphatic rings. The van der Waals surface area contributed by atoms with Gasteiger partial charge in [-0.15, -0.1) is 0 Å². The summed E-state index contributed by atoms with van der Waals surface area (Å²) in [5, 5.41) is 3.47. The largest absolute Gasteiger partial charge is 0.313 e. The highest BCUT2D eigenvalue weighted by atomic mass is 32.2. The maximum Gasteiger partial charge on any atom is 0.240 e. The lowest BCUT2D eigenvalue weighted by molar-refractivity contribution is 0.269. The van der Waals surface area contributed by atoms with E-state index in [4.69, 9.17) is 0 Å². The lowest BCUT2D eigenvalue weighted by Crippen LogP contribution is -2.42. The molecule has 0 bridgehead atoms. The fourth-order valence-electron chi connectivity index (χ4n) is 2.35. The summed E-state index contributed by atoms with van der Waals surface area (Å²) in [4.78, 5) is 0.388. The molecule has 1 aromatic carbocycles. The van der Waals surface area contributed by atoms with Gasteiger partial charge in [-0.2, -0.15) is 0 Å². The highest BCUT2D eigenvalue weighted by Crippen LogP contribution is 2.25. The molecule has 0 saturated heterocycles. The van der Waals surface area contributed by atoms with E-state index >= 15 is 0 Å². The van der Waals surface area contributed by atoms with Crippen molar-refractivity contribution in [3.05, 3.63) is 29.8 Å². The van der Waals surface area contributed by atoms with Gasteiger partial charge in [-0.1, -0.05) is 52.8 Å². The number of hydrogen-bond acceptors (Lipinski definition) is 3. The third kappa shape index (κ3) is 5.09. The predicted molar refractivity (Wildman–Crippen MR) is 87.9 cm³/mol. The lowest BCUT2D eigenvalue weighted by atomic mass is 9.83. The van der Waals surface area contributed by atoms with Gasteiger partial charge in [0.05, 0.1) is 4.90 Å². The zero-order valence-corrected chi connectivity index (χ0v) is 14.5. The van der Waals surface area contributed by atoms with Crippen LogP contribution in [0.15, 0.2) is 29.2 Å².